The lowest BCUT2D eigenvalue weighted by molar-refractivity contribution is 0.0945. The first kappa shape index (κ1) is 18.5. The van der Waals surface area contributed by atoms with Gasteiger partial charge in [0.25, 0.3) is 11.5 Å². The molecule has 0 aromatic carbocycles. The van der Waals surface area contributed by atoms with Crippen molar-refractivity contribution in [3.05, 3.63) is 33.2 Å². The molecule has 4 nitrogen and oxygen atoms in total. The van der Waals surface area contributed by atoms with Crippen molar-refractivity contribution in [1.29, 1.82) is 0 Å². The summed E-state index contributed by atoms with van der Waals surface area (Å²) in [6.07, 6.45) is 2.04. The molecule has 0 saturated heterocycles. The van der Waals surface area contributed by atoms with Crippen molar-refractivity contribution < 1.29 is 4.79 Å². The molecule has 0 aliphatic heterocycles. The fraction of sp³-hybridized carbons (Fsp3) is 0.667. The van der Waals surface area contributed by atoms with Gasteiger partial charge in [-0.15, -0.1) is 0 Å². The summed E-state index contributed by atoms with van der Waals surface area (Å²) in [5.74, 6) is 0.791. The Balaban J connectivity index is 3.11. The van der Waals surface area contributed by atoms with Gasteiger partial charge in [0.15, 0.2) is 0 Å². The summed E-state index contributed by atoms with van der Waals surface area (Å²) in [6, 6.07) is 1.58. The summed E-state index contributed by atoms with van der Waals surface area (Å²) in [7, 11) is 0. The molecule has 0 radical (unpaired) electrons. The van der Waals surface area contributed by atoms with Crippen LogP contribution < -0.4 is 10.9 Å². The number of amides is 1. The van der Waals surface area contributed by atoms with Crippen LogP contribution in [-0.4, -0.2) is 17.0 Å². The van der Waals surface area contributed by atoms with Gasteiger partial charge in [-0.3, -0.25) is 9.59 Å². The molecule has 1 N–H and O–H groups in total. The van der Waals surface area contributed by atoms with Crippen LogP contribution in [0, 0.1) is 25.7 Å². The number of aryl methyl sites for hydroxylation is 1. The van der Waals surface area contributed by atoms with Gasteiger partial charge in [-0.2, -0.15) is 0 Å². The van der Waals surface area contributed by atoms with Crippen molar-refractivity contribution in [2.75, 3.05) is 6.54 Å². The largest absolute Gasteiger partial charge is 0.352 e. The molecular weight excluding hydrogens is 276 g/mol. The molecule has 4 heteroatoms. The van der Waals surface area contributed by atoms with Crippen molar-refractivity contribution in [2.45, 2.75) is 60.9 Å². The first-order valence-corrected chi connectivity index (χ1v) is 8.30. The minimum Gasteiger partial charge on any atom is -0.352 e. The van der Waals surface area contributed by atoms with E-state index >= 15 is 0 Å². The second-order valence-corrected chi connectivity index (χ2v) is 6.47. The van der Waals surface area contributed by atoms with E-state index in [9.17, 15) is 9.59 Å². The standard InChI is InChI=1S/C18H30N2O2/c1-7-12(3)10-19-18(22)17-14(5)9-16(21)20(15(17)6)11-13(4)8-2/h9,12-13H,7-8,10-11H2,1-6H3,(H,19,22). The number of nitrogens with zero attached hydrogens (tertiary/aromatic N) is 1. The molecular formula is C18H30N2O2. The van der Waals surface area contributed by atoms with Gasteiger partial charge in [0.1, 0.15) is 0 Å². The molecule has 22 heavy (non-hydrogen) atoms. The van der Waals surface area contributed by atoms with Gasteiger partial charge in [-0.1, -0.05) is 40.5 Å². The third kappa shape index (κ3) is 4.46. The molecule has 2 atom stereocenters. The van der Waals surface area contributed by atoms with Crippen LogP contribution in [0.4, 0.5) is 0 Å². The van der Waals surface area contributed by atoms with Gasteiger partial charge in [0.05, 0.1) is 5.56 Å². The van der Waals surface area contributed by atoms with E-state index in [-0.39, 0.29) is 11.5 Å². The molecule has 124 valence electrons. The maximum atomic E-state index is 12.5. The quantitative estimate of drug-likeness (QED) is 0.840. The number of pyridine rings is 1. The Morgan fingerprint density at radius 3 is 2.32 bits per heavy atom. The molecule has 0 saturated carbocycles. The SMILES string of the molecule is CCC(C)CNC(=O)c1c(C)cc(=O)n(CC(C)CC)c1C. The van der Waals surface area contributed by atoms with Crippen molar-refractivity contribution in [2.24, 2.45) is 11.8 Å². The van der Waals surface area contributed by atoms with Gasteiger partial charge in [0, 0.05) is 24.8 Å². The Morgan fingerprint density at radius 2 is 1.77 bits per heavy atom. The fourth-order valence-electron chi connectivity index (χ4n) is 2.43. The smallest absolute Gasteiger partial charge is 0.253 e. The number of carbonyl (C=O) groups is 1. The second kappa shape index (κ2) is 8.16. The van der Waals surface area contributed by atoms with Gasteiger partial charge in [-0.25, -0.2) is 0 Å². The normalized spacial score (nSPS) is 13.7. The number of hydrogen-bond acceptors (Lipinski definition) is 2. The first-order valence-electron chi connectivity index (χ1n) is 8.30. The van der Waals surface area contributed by atoms with Crippen molar-refractivity contribution in [1.82, 2.24) is 9.88 Å². The van der Waals surface area contributed by atoms with E-state index < -0.39 is 0 Å². The molecule has 0 aliphatic rings. The summed E-state index contributed by atoms with van der Waals surface area (Å²) < 4.78 is 1.74. The molecule has 1 amide bonds. The molecule has 2 unspecified atom stereocenters. The van der Waals surface area contributed by atoms with Crippen LogP contribution in [-0.2, 0) is 6.54 Å². The lowest BCUT2D eigenvalue weighted by Gasteiger charge is -2.19. The third-order valence-electron chi connectivity index (χ3n) is 4.49. The van der Waals surface area contributed by atoms with Crippen LogP contribution in [0.25, 0.3) is 0 Å². The number of carbonyl (C=O) groups excluding carboxylic acids is 1. The zero-order chi connectivity index (χ0) is 16.9. The molecule has 1 rings (SSSR count). The predicted octanol–water partition coefficient (Wildman–Crippen LogP) is 3.29. The Bertz CT molecular complexity index is 575. The Kier molecular flexibility index (Phi) is 6.85. The van der Waals surface area contributed by atoms with Gasteiger partial charge in [0.2, 0.25) is 0 Å². The van der Waals surface area contributed by atoms with Crippen LogP contribution in [0.15, 0.2) is 10.9 Å². The third-order valence-corrected chi connectivity index (χ3v) is 4.49. The zero-order valence-electron chi connectivity index (χ0n) is 14.8. The van der Waals surface area contributed by atoms with Crippen molar-refractivity contribution in [3.8, 4) is 0 Å². The van der Waals surface area contributed by atoms with Crippen LogP contribution >= 0.6 is 0 Å². The maximum Gasteiger partial charge on any atom is 0.253 e. The van der Waals surface area contributed by atoms with E-state index in [1.807, 2.05) is 13.8 Å². The van der Waals surface area contributed by atoms with Crippen molar-refractivity contribution >= 4 is 5.91 Å². The fourth-order valence-corrected chi connectivity index (χ4v) is 2.43. The zero-order valence-corrected chi connectivity index (χ0v) is 14.8. The minimum atomic E-state index is -0.0757. The highest BCUT2D eigenvalue weighted by Gasteiger charge is 2.17. The maximum absolute atomic E-state index is 12.5. The van der Waals surface area contributed by atoms with Crippen LogP contribution in [0.2, 0.25) is 0 Å². The van der Waals surface area contributed by atoms with E-state index in [1.54, 1.807) is 10.6 Å². The van der Waals surface area contributed by atoms with E-state index in [1.165, 1.54) is 0 Å². The monoisotopic (exact) mass is 306 g/mol. The Hall–Kier alpha value is -1.58. The molecule has 1 heterocycles. The summed E-state index contributed by atoms with van der Waals surface area (Å²) in [6.45, 7) is 13.5. The minimum absolute atomic E-state index is 0.0197. The predicted molar refractivity (Wildman–Crippen MR) is 91.4 cm³/mol. The summed E-state index contributed by atoms with van der Waals surface area (Å²) in [5.41, 5.74) is 2.15. The molecule has 1 aromatic rings. The highest BCUT2D eigenvalue weighted by atomic mass is 16.2. The molecule has 0 bridgehead atoms. The van der Waals surface area contributed by atoms with Crippen LogP contribution in [0.1, 0.15) is 62.2 Å². The van der Waals surface area contributed by atoms with Crippen LogP contribution in [0.5, 0.6) is 0 Å². The Labute approximate surface area is 133 Å². The summed E-state index contributed by atoms with van der Waals surface area (Å²) >= 11 is 0. The van der Waals surface area contributed by atoms with Crippen LogP contribution in [0.3, 0.4) is 0 Å². The number of aromatic nitrogens is 1. The van der Waals surface area contributed by atoms with Gasteiger partial charge >= 0.3 is 0 Å². The molecule has 0 fully saturated rings. The highest BCUT2D eigenvalue weighted by molar-refractivity contribution is 5.96. The van der Waals surface area contributed by atoms with E-state index in [0.29, 0.717) is 30.5 Å². The number of hydrogen-bond donors (Lipinski definition) is 1. The lowest BCUT2D eigenvalue weighted by atomic mass is 10.0. The molecule has 1 aromatic heterocycles. The van der Waals surface area contributed by atoms with Crippen molar-refractivity contribution in [3.63, 3.8) is 0 Å². The number of nitrogens with one attached hydrogen (secondary N) is 1. The number of rotatable bonds is 7. The van der Waals surface area contributed by atoms with Gasteiger partial charge in [-0.05, 0) is 31.2 Å². The molecule has 0 aliphatic carbocycles. The summed E-state index contributed by atoms with van der Waals surface area (Å²) in [5, 5.41) is 2.99. The van der Waals surface area contributed by atoms with Gasteiger partial charge < -0.3 is 9.88 Å². The average molecular weight is 306 g/mol. The highest BCUT2D eigenvalue weighted by Crippen LogP contribution is 2.14. The topological polar surface area (TPSA) is 51.1 Å². The lowest BCUT2D eigenvalue weighted by Crippen LogP contribution is -2.33. The second-order valence-electron chi connectivity index (χ2n) is 6.47. The van der Waals surface area contributed by atoms with E-state index in [4.69, 9.17) is 0 Å². The summed E-state index contributed by atoms with van der Waals surface area (Å²) in [4.78, 5) is 24.7. The first-order chi connectivity index (χ1) is 10.3. The molecule has 0 spiro atoms. The van der Waals surface area contributed by atoms with E-state index in [0.717, 1.165) is 24.1 Å². The van der Waals surface area contributed by atoms with E-state index in [2.05, 4.69) is 33.0 Å². The Morgan fingerprint density at radius 1 is 1.18 bits per heavy atom. The average Bonchev–Trinajstić information content (AvgIpc) is 2.48.